The normalized spacial score (nSPS) is 17.0. The number of hydrogen-bond acceptors (Lipinski definition) is 7. The highest BCUT2D eigenvalue weighted by Gasteiger charge is 2.40. The van der Waals surface area contributed by atoms with Crippen LogP contribution in [0, 0.1) is 12.7 Å². The van der Waals surface area contributed by atoms with Crippen molar-refractivity contribution in [3.63, 3.8) is 0 Å². The lowest BCUT2D eigenvalue weighted by molar-refractivity contribution is 0.0786. The first-order chi connectivity index (χ1) is 19.2. The highest BCUT2D eigenvalue weighted by Crippen LogP contribution is 2.40. The van der Waals surface area contributed by atoms with Crippen molar-refractivity contribution in [2.45, 2.75) is 30.4 Å². The zero-order chi connectivity index (χ0) is 27.6. The summed E-state index contributed by atoms with van der Waals surface area (Å²) in [6, 6.07) is 15.4. The molecule has 8 nitrogen and oxygen atoms in total. The summed E-state index contributed by atoms with van der Waals surface area (Å²) in [7, 11) is -4.00. The molecule has 6 aromatic rings. The molecule has 11 heteroatoms. The zero-order valence-corrected chi connectivity index (χ0v) is 22.8. The highest BCUT2D eigenvalue weighted by molar-refractivity contribution is 7.90. The molecule has 0 fully saturated rings. The smallest absolute Gasteiger partial charge is 0.269 e. The summed E-state index contributed by atoms with van der Waals surface area (Å²) >= 11 is 1.32. The average Bonchev–Trinajstić information content (AvgIpc) is 3.74. The lowest BCUT2D eigenvalue weighted by Gasteiger charge is -2.22. The van der Waals surface area contributed by atoms with Gasteiger partial charge in [0, 0.05) is 53.4 Å². The van der Waals surface area contributed by atoms with Crippen molar-refractivity contribution in [2.75, 3.05) is 0 Å². The van der Waals surface area contributed by atoms with Gasteiger partial charge in [-0.05, 0) is 36.8 Å². The minimum absolute atomic E-state index is 0.106. The summed E-state index contributed by atoms with van der Waals surface area (Å²) in [4.78, 5) is 13.4. The van der Waals surface area contributed by atoms with Crippen LogP contribution in [0.5, 0.6) is 0 Å². The van der Waals surface area contributed by atoms with Gasteiger partial charge in [-0.15, -0.1) is 11.3 Å². The van der Waals surface area contributed by atoms with E-state index in [9.17, 15) is 17.9 Å². The van der Waals surface area contributed by atoms with Crippen molar-refractivity contribution >= 4 is 32.4 Å². The van der Waals surface area contributed by atoms with Crippen LogP contribution < -0.4 is 0 Å². The van der Waals surface area contributed by atoms with E-state index >= 15 is 0 Å². The molecule has 0 saturated heterocycles. The van der Waals surface area contributed by atoms with Crippen LogP contribution in [0.2, 0.25) is 0 Å². The summed E-state index contributed by atoms with van der Waals surface area (Å²) in [6.45, 7) is 2.56. The fourth-order valence-corrected chi connectivity index (χ4v) is 7.40. The average molecular weight is 572 g/mol. The molecule has 0 bridgehead atoms. The molecule has 5 heterocycles. The first-order valence-corrected chi connectivity index (χ1v) is 14.9. The number of aliphatic hydroxyl groups is 1. The van der Waals surface area contributed by atoms with Crippen molar-refractivity contribution in [1.29, 1.82) is 0 Å². The summed E-state index contributed by atoms with van der Waals surface area (Å²) < 4.78 is 44.5. The molecular weight excluding hydrogens is 549 g/mol. The van der Waals surface area contributed by atoms with E-state index in [0.717, 1.165) is 26.9 Å². The Morgan fingerprint density at radius 1 is 1.10 bits per heavy atom. The largest absolute Gasteiger partial charge is 0.377 e. The van der Waals surface area contributed by atoms with E-state index < -0.39 is 21.4 Å². The minimum Gasteiger partial charge on any atom is -0.377 e. The summed E-state index contributed by atoms with van der Waals surface area (Å²) in [5.41, 5.74) is 2.48. The predicted octanol–water partition coefficient (Wildman–Crippen LogP) is 5.35. The second kappa shape index (κ2) is 8.91. The quantitative estimate of drug-likeness (QED) is 0.299. The van der Waals surface area contributed by atoms with Gasteiger partial charge < -0.3 is 9.67 Å². The van der Waals surface area contributed by atoms with Gasteiger partial charge in [-0.1, -0.05) is 35.9 Å². The fourth-order valence-electron chi connectivity index (χ4n) is 5.22. The van der Waals surface area contributed by atoms with Gasteiger partial charge in [-0.3, -0.25) is 0 Å². The summed E-state index contributed by atoms with van der Waals surface area (Å²) in [5.74, 6) is 0.0348. The first kappa shape index (κ1) is 24.8. The van der Waals surface area contributed by atoms with Crippen LogP contribution in [0.1, 0.15) is 23.4 Å². The van der Waals surface area contributed by atoms with E-state index in [1.54, 1.807) is 30.5 Å². The number of benzene rings is 2. The summed E-state index contributed by atoms with van der Waals surface area (Å²) in [5, 5.41) is 14.2. The van der Waals surface area contributed by atoms with Crippen LogP contribution in [0.15, 0.2) is 89.7 Å². The highest BCUT2D eigenvalue weighted by atomic mass is 32.2. The van der Waals surface area contributed by atoms with E-state index in [4.69, 9.17) is 4.98 Å². The van der Waals surface area contributed by atoms with Gasteiger partial charge in [0.15, 0.2) is 5.65 Å². The second-order valence-electron chi connectivity index (χ2n) is 9.85. The Balaban J connectivity index is 1.31. The minimum atomic E-state index is -4.00. The van der Waals surface area contributed by atoms with Gasteiger partial charge in [0.05, 0.1) is 16.8 Å². The van der Waals surface area contributed by atoms with Gasteiger partial charge in [0.1, 0.15) is 22.3 Å². The maximum atomic E-state index is 14.3. The third-order valence-corrected chi connectivity index (χ3v) is 9.87. The number of fused-ring (bicyclic) bond motifs is 2. The zero-order valence-electron chi connectivity index (χ0n) is 21.2. The Morgan fingerprint density at radius 2 is 1.93 bits per heavy atom. The Morgan fingerprint density at radius 3 is 2.75 bits per heavy atom. The third-order valence-electron chi connectivity index (χ3n) is 7.33. The molecule has 1 atom stereocenters. The van der Waals surface area contributed by atoms with Crippen molar-refractivity contribution < 1.29 is 17.9 Å². The van der Waals surface area contributed by atoms with E-state index in [-0.39, 0.29) is 10.5 Å². The molecule has 2 aromatic carbocycles. The molecule has 0 saturated carbocycles. The van der Waals surface area contributed by atoms with Crippen LogP contribution in [0.3, 0.4) is 0 Å². The maximum Gasteiger partial charge on any atom is 0.269 e. The molecular formula is C29H22FN5O3S2. The Labute approximate surface area is 233 Å². The van der Waals surface area contributed by atoms with Gasteiger partial charge in [-0.25, -0.2) is 31.7 Å². The fraction of sp³-hybridized carbons (Fsp3) is 0.138. The number of imidazole rings is 1. The number of aryl methyl sites for hydroxylation is 2. The van der Waals surface area contributed by atoms with Gasteiger partial charge >= 0.3 is 0 Å². The van der Waals surface area contributed by atoms with Crippen molar-refractivity contribution in [3.05, 3.63) is 108 Å². The number of rotatable bonds is 5. The molecule has 4 aromatic heterocycles. The number of pyridine rings is 1. The SMILES string of the molecule is Cc1ccc(S(=O)(=O)n2cc(-c3nc(-c4cccc([C@]5(O)CCn6ccnc65)c4)cs3)c3cc(F)cnc32)cc1. The Kier molecular flexibility index (Phi) is 5.53. The molecule has 0 spiro atoms. The molecule has 1 aliphatic rings. The first-order valence-electron chi connectivity index (χ1n) is 12.5. The molecule has 0 aliphatic carbocycles. The third kappa shape index (κ3) is 3.80. The van der Waals surface area contributed by atoms with E-state index in [2.05, 4.69) is 9.97 Å². The molecule has 200 valence electrons. The van der Waals surface area contributed by atoms with Crippen molar-refractivity contribution in [3.8, 4) is 21.8 Å². The van der Waals surface area contributed by atoms with Crippen molar-refractivity contribution in [2.24, 2.45) is 0 Å². The molecule has 40 heavy (non-hydrogen) atoms. The molecule has 0 radical (unpaired) electrons. The number of halogens is 1. The van der Waals surface area contributed by atoms with Gasteiger partial charge in [0.25, 0.3) is 10.0 Å². The van der Waals surface area contributed by atoms with Crippen LogP contribution in [0.25, 0.3) is 32.9 Å². The van der Waals surface area contributed by atoms with Crippen LogP contribution in [0.4, 0.5) is 4.39 Å². The Hall–Kier alpha value is -4.19. The number of nitrogens with zero attached hydrogens (tertiary/aromatic N) is 5. The standard InChI is InChI=1S/C29H22FN5O3S2/c1-18-5-7-22(8-6-18)40(37,38)35-16-24(23-14-21(30)15-32-26(23)35)27-33-25(17-39-27)19-3-2-4-20(13-19)29(36)9-11-34-12-10-31-28(29)34/h2-8,10,12-17,36H,9,11H2,1H3/t29-/m1/s1. The number of aromatic nitrogens is 5. The monoisotopic (exact) mass is 571 g/mol. The van der Waals surface area contributed by atoms with Crippen LogP contribution in [-0.2, 0) is 22.2 Å². The Bertz CT molecular complexity index is 2030. The van der Waals surface area contributed by atoms with Gasteiger partial charge in [-0.2, -0.15) is 0 Å². The lowest BCUT2D eigenvalue weighted by atomic mass is 9.90. The second-order valence-corrected chi connectivity index (χ2v) is 12.5. The molecule has 0 amide bonds. The van der Waals surface area contributed by atoms with E-state index in [0.29, 0.717) is 40.4 Å². The van der Waals surface area contributed by atoms with E-state index in [1.807, 2.05) is 47.3 Å². The maximum absolute atomic E-state index is 14.3. The number of thiazole rings is 1. The lowest BCUT2D eigenvalue weighted by Crippen LogP contribution is -2.25. The number of hydrogen-bond donors (Lipinski definition) is 1. The molecule has 7 rings (SSSR count). The molecule has 1 N–H and O–H groups in total. The summed E-state index contributed by atoms with van der Waals surface area (Å²) in [6.07, 6.45) is 6.52. The van der Waals surface area contributed by atoms with Gasteiger partial charge in [0.2, 0.25) is 0 Å². The predicted molar refractivity (Wildman–Crippen MR) is 150 cm³/mol. The molecule has 1 aliphatic heterocycles. The topological polar surface area (TPSA) is 103 Å². The van der Waals surface area contributed by atoms with Crippen molar-refractivity contribution in [1.82, 2.24) is 23.5 Å². The van der Waals surface area contributed by atoms with E-state index in [1.165, 1.54) is 23.6 Å². The van der Waals surface area contributed by atoms with Crippen LogP contribution >= 0.6 is 11.3 Å². The van der Waals surface area contributed by atoms with Crippen LogP contribution in [-0.4, -0.2) is 37.0 Å². The molecule has 0 unspecified atom stereocenters.